The first-order valence-electron chi connectivity index (χ1n) is 6.09. The van der Waals surface area contributed by atoms with Crippen LogP contribution in [0.25, 0.3) is 0 Å². The Morgan fingerprint density at radius 1 is 1.25 bits per heavy atom. The number of benzene rings is 1. The first-order valence-corrected chi connectivity index (χ1v) is 6.09. The summed E-state index contributed by atoms with van der Waals surface area (Å²) >= 11 is 0. The molecular weight excluding hydrogens is 264 g/mol. The highest BCUT2D eigenvalue weighted by Gasteiger charge is 2.44. The van der Waals surface area contributed by atoms with Crippen LogP contribution in [0.1, 0.15) is 16.8 Å². The predicted octanol–water partition coefficient (Wildman–Crippen LogP) is 0.572. The van der Waals surface area contributed by atoms with E-state index in [-0.39, 0.29) is 42.3 Å². The lowest BCUT2D eigenvalue weighted by atomic mass is 9.85. The molecule has 0 bridgehead atoms. The molecule has 0 aromatic heterocycles. The van der Waals surface area contributed by atoms with Crippen molar-refractivity contribution in [1.29, 1.82) is 0 Å². The molecular formula is C14H12O6. The standard InChI is InChI=1S/C14H12O6/c15-9-1-2-10-11(5-9)20-7-14(18,12(10)16)6-8-3-4-19-13(8)17/h1-3,5,15,18H,4,6-7H2. The minimum Gasteiger partial charge on any atom is -0.508 e. The number of rotatable bonds is 2. The van der Waals surface area contributed by atoms with E-state index in [9.17, 15) is 19.8 Å². The Labute approximate surface area is 114 Å². The smallest absolute Gasteiger partial charge is 0.334 e. The van der Waals surface area contributed by atoms with Crippen molar-refractivity contribution in [2.45, 2.75) is 12.0 Å². The van der Waals surface area contributed by atoms with Crippen LogP contribution in [-0.4, -0.2) is 40.8 Å². The maximum Gasteiger partial charge on any atom is 0.334 e. The third-order valence-electron chi connectivity index (χ3n) is 3.39. The summed E-state index contributed by atoms with van der Waals surface area (Å²) in [6, 6.07) is 4.04. The molecule has 1 unspecified atom stereocenters. The molecule has 0 saturated carbocycles. The van der Waals surface area contributed by atoms with E-state index in [0.717, 1.165) is 0 Å². The number of Topliss-reactive ketones (excluding diaryl/α,β-unsaturated/α-hetero) is 1. The molecule has 0 radical (unpaired) electrons. The summed E-state index contributed by atoms with van der Waals surface area (Å²) < 4.78 is 10.1. The van der Waals surface area contributed by atoms with Crippen LogP contribution in [-0.2, 0) is 9.53 Å². The Morgan fingerprint density at radius 3 is 2.75 bits per heavy atom. The number of carbonyl (C=O) groups is 2. The number of hydrogen-bond donors (Lipinski definition) is 2. The average molecular weight is 276 g/mol. The Morgan fingerprint density at radius 2 is 2.05 bits per heavy atom. The number of phenolic OH excluding ortho intramolecular Hbond substituents is 1. The predicted molar refractivity (Wildman–Crippen MR) is 66.5 cm³/mol. The van der Waals surface area contributed by atoms with E-state index < -0.39 is 17.4 Å². The maximum atomic E-state index is 12.4. The van der Waals surface area contributed by atoms with Gasteiger partial charge in [0.25, 0.3) is 0 Å². The third-order valence-corrected chi connectivity index (χ3v) is 3.39. The van der Waals surface area contributed by atoms with Crippen molar-refractivity contribution in [3.8, 4) is 11.5 Å². The van der Waals surface area contributed by atoms with Crippen molar-refractivity contribution in [2.24, 2.45) is 0 Å². The fourth-order valence-electron chi connectivity index (χ4n) is 2.32. The number of phenols is 1. The number of hydrogen-bond acceptors (Lipinski definition) is 6. The summed E-state index contributed by atoms with van der Waals surface area (Å²) in [5.41, 5.74) is -1.34. The van der Waals surface area contributed by atoms with Gasteiger partial charge in [-0.3, -0.25) is 4.79 Å². The zero-order valence-electron chi connectivity index (χ0n) is 10.5. The van der Waals surface area contributed by atoms with Crippen LogP contribution in [0.3, 0.4) is 0 Å². The fourth-order valence-corrected chi connectivity index (χ4v) is 2.32. The number of aromatic hydroxyl groups is 1. The van der Waals surface area contributed by atoms with Crippen LogP contribution in [0, 0.1) is 0 Å². The topological polar surface area (TPSA) is 93.1 Å². The molecule has 0 spiro atoms. The Hall–Kier alpha value is -2.34. The molecule has 1 atom stereocenters. The van der Waals surface area contributed by atoms with Gasteiger partial charge >= 0.3 is 5.97 Å². The van der Waals surface area contributed by atoms with Gasteiger partial charge in [-0.25, -0.2) is 4.79 Å². The molecule has 6 heteroatoms. The molecule has 0 amide bonds. The summed E-state index contributed by atoms with van der Waals surface area (Å²) in [6.45, 7) is -0.114. The quantitative estimate of drug-likeness (QED) is 0.767. The molecule has 0 fully saturated rings. The van der Waals surface area contributed by atoms with Gasteiger partial charge in [-0.15, -0.1) is 0 Å². The second-order valence-electron chi connectivity index (χ2n) is 4.83. The lowest BCUT2D eigenvalue weighted by Crippen LogP contribution is -2.48. The maximum absolute atomic E-state index is 12.4. The highest BCUT2D eigenvalue weighted by Crippen LogP contribution is 2.35. The van der Waals surface area contributed by atoms with Crippen LogP contribution in [0.2, 0.25) is 0 Å². The van der Waals surface area contributed by atoms with Gasteiger partial charge in [-0.1, -0.05) is 0 Å². The highest BCUT2D eigenvalue weighted by atomic mass is 16.5. The summed E-state index contributed by atoms with van der Waals surface area (Å²) in [5.74, 6) is -0.853. The fraction of sp³-hybridized carbons (Fsp3) is 0.286. The van der Waals surface area contributed by atoms with Crippen LogP contribution in [0.15, 0.2) is 29.8 Å². The molecule has 1 aromatic carbocycles. The Bertz CT molecular complexity index is 633. The van der Waals surface area contributed by atoms with E-state index in [1.165, 1.54) is 18.2 Å². The number of esters is 1. The van der Waals surface area contributed by atoms with Crippen LogP contribution >= 0.6 is 0 Å². The molecule has 6 nitrogen and oxygen atoms in total. The molecule has 0 aliphatic carbocycles. The van der Waals surface area contributed by atoms with E-state index in [2.05, 4.69) is 0 Å². The van der Waals surface area contributed by atoms with Gasteiger partial charge in [0, 0.05) is 18.1 Å². The SMILES string of the molecule is O=C1OCC=C1CC1(O)COc2cc(O)ccc2C1=O. The van der Waals surface area contributed by atoms with Crippen LogP contribution in [0.4, 0.5) is 0 Å². The highest BCUT2D eigenvalue weighted by molar-refractivity contribution is 6.06. The number of aliphatic hydroxyl groups is 1. The number of ketones is 1. The zero-order chi connectivity index (χ0) is 14.3. The van der Waals surface area contributed by atoms with E-state index >= 15 is 0 Å². The number of fused-ring (bicyclic) bond motifs is 1. The first-order chi connectivity index (χ1) is 9.49. The van der Waals surface area contributed by atoms with E-state index in [4.69, 9.17) is 9.47 Å². The molecule has 20 heavy (non-hydrogen) atoms. The molecule has 2 N–H and O–H groups in total. The average Bonchev–Trinajstić information content (AvgIpc) is 2.80. The third kappa shape index (κ3) is 1.94. The van der Waals surface area contributed by atoms with Gasteiger partial charge in [0.05, 0.1) is 5.56 Å². The first kappa shape index (κ1) is 12.7. The van der Waals surface area contributed by atoms with E-state index in [0.29, 0.717) is 0 Å². The Kier molecular flexibility index (Phi) is 2.76. The van der Waals surface area contributed by atoms with Crippen molar-refractivity contribution in [1.82, 2.24) is 0 Å². The van der Waals surface area contributed by atoms with E-state index in [1.807, 2.05) is 0 Å². The van der Waals surface area contributed by atoms with Crippen molar-refractivity contribution >= 4 is 11.8 Å². The summed E-state index contributed by atoms with van der Waals surface area (Å²) in [4.78, 5) is 23.8. The summed E-state index contributed by atoms with van der Waals surface area (Å²) in [7, 11) is 0. The van der Waals surface area contributed by atoms with Gasteiger partial charge in [-0.05, 0) is 18.2 Å². The van der Waals surface area contributed by atoms with Gasteiger partial charge in [-0.2, -0.15) is 0 Å². The zero-order valence-corrected chi connectivity index (χ0v) is 10.5. The molecule has 0 saturated heterocycles. The lowest BCUT2D eigenvalue weighted by molar-refractivity contribution is -0.136. The normalized spacial score (nSPS) is 24.8. The summed E-state index contributed by atoms with van der Waals surface area (Å²) in [5, 5.41) is 19.8. The van der Waals surface area contributed by atoms with Crippen LogP contribution in [0.5, 0.6) is 11.5 Å². The second-order valence-corrected chi connectivity index (χ2v) is 4.83. The Balaban J connectivity index is 1.91. The minimum absolute atomic E-state index is 0.0240. The molecule has 2 heterocycles. The molecule has 3 rings (SSSR count). The van der Waals surface area contributed by atoms with Crippen molar-refractivity contribution in [2.75, 3.05) is 13.2 Å². The van der Waals surface area contributed by atoms with Gasteiger partial charge < -0.3 is 19.7 Å². The van der Waals surface area contributed by atoms with Gasteiger partial charge in [0.1, 0.15) is 24.7 Å². The monoisotopic (exact) mass is 276 g/mol. The van der Waals surface area contributed by atoms with Crippen molar-refractivity contribution in [3.05, 3.63) is 35.4 Å². The largest absolute Gasteiger partial charge is 0.508 e. The van der Waals surface area contributed by atoms with Crippen molar-refractivity contribution in [3.63, 3.8) is 0 Å². The summed E-state index contributed by atoms with van der Waals surface area (Å²) in [6.07, 6.45) is 1.39. The number of ether oxygens (including phenoxy) is 2. The van der Waals surface area contributed by atoms with Gasteiger partial charge in [0.15, 0.2) is 5.60 Å². The van der Waals surface area contributed by atoms with E-state index in [1.54, 1.807) is 6.08 Å². The second kappa shape index (κ2) is 4.35. The lowest BCUT2D eigenvalue weighted by Gasteiger charge is -2.31. The van der Waals surface area contributed by atoms with Crippen LogP contribution < -0.4 is 4.74 Å². The molecule has 104 valence electrons. The molecule has 1 aromatic rings. The number of carbonyl (C=O) groups excluding carboxylic acids is 2. The molecule has 2 aliphatic rings. The van der Waals surface area contributed by atoms with Gasteiger partial charge in [0.2, 0.25) is 5.78 Å². The molecule has 2 aliphatic heterocycles. The van der Waals surface area contributed by atoms with Crippen molar-refractivity contribution < 1.29 is 29.3 Å². The minimum atomic E-state index is -1.79. The number of cyclic esters (lactones) is 1.